The van der Waals surface area contributed by atoms with E-state index in [1.165, 1.54) is 35.6 Å². The Bertz CT molecular complexity index is 845. The number of nitrogens with zero attached hydrogens (tertiary/aromatic N) is 1. The maximum atomic E-state index is 12.9. The minimum absolute atomic E-state index is 0.0266. The second-order valence-corrected chi connectivity index (χ2v) is 8.85. The maximum absolute atomic E-state index is 12.9. The zero-order chi connectivity index (χ0) is 20.1. The molecule has 5 aliphatic rings. The number of rotatable bonds is 7. The van der Waals surface area contributed by atoms with Gasteiger partial charge in [-0.2, -0.15) is 0 Å². The van der Waals surface area contributed by atoms with Crippen molar-refractivity contribution in [2.24, 2.45) is 35.5 Å². The summed E-state index contributed by atoms with van der Waals surface area (Å²) in [6, 6.07) is 5.68. The normalized spacial score (nSPS) is 33.6. The van der Waals surface area contributed by atoms with Gasteiger partial charge in [0.15, 0.2) is 0 Å². The minimum atomic E-state index is -0.338. The Balaban J connectivity index is 1.07. The number of unbranched alkanes of at least 4 members (excludes halogenated alkanes) is 2. The fraction of sp³-hybridized carbons (Fsp3) is 0.522. The molecule has 2 bridgehead atoms. The first-order chi connectivity index (χ1) is 14.0. The molecule has 152 valence electrons. The van der Waals surface area contributed by atoms with E-state index in [9.17, 15) is 18.8 Å². The second-order valence-electron chi connectivity index (χ2n) is 8.85. The number of allylic oxidation sites excluding steroid dienone is 2. The molecule has 5 nitrogen and oxygen atoms in total. The molecule has 1 saturated heterocycles. The van der Waals surface area contributed by atoms with Gasteiger partial charge in [-0.25, -0.2) is 4.39 Å². The summed E-state index contributed by atoms with van der Waals surface area (Å²) in [5, 5.41) is 2.74. The van der Waals surface area contributed by atoms with E-state index in [0.717, 1.165) is 12.8 Å². The van der Waals surface area contributed by atoms with Gasteiger partial charge in [0.2, 0.25) is 17.7 Å². The van der Waals surface area contributed by atoms with Crippen molar-refractivity contribution in [1.82, 2.24) is 4.90 Å². The van der Waals surface area contributed by atoms with Crippen molar-refractivity contribution in [2.75, 3.05) is 11.9 Å². The molecule has 6 unspecified atom stereocenters. The summed E-state index contributed by atoms with van der Waals surface area (Å²) in [4.78, 5) is 39.2. The number of halogens is 1. The first-order valence-corrected chi connectivity index (χ1v) is 10.6. The van der Waals surface area contributed by atoms with Crippen LogP contribution < -0.4 is 5.32 Å². The van der Waals surface area contributed by atoms with Crippen molar-refractivity contribution in [1.29, 1.82) is 0 Å². The molecule has 3 amide bonds. The Morgan fingerprint density at radius 1 is 0.966 bits per heavy atom. The van der Waals surface area contributed by atoms with E-state index in [1.807, 2.05) is 0 Å². The number of carbonyl (C=O) groups is 3. The largest absolute Gasteiger partial charge is 0.326 e. The molecular weight excluding hydrogens is 371 g/mol. The van der Waals surface area contributed by atoms with E-state index < -0.39 is 0 Å². The second kappa shape index (κ2) is 7.08. The molecule has 6 heteroatoms. The van der Waals surface area contributed by atoms with Gasteiger partial charge in [0.25, 0.3) is 0 Å². The highest BCUT2D eigenvalue weighted by atomic mass is 19.1. The van der Waals surface area contributed by atoms with Gasteiger partial charge in [0, 0.05) is 18.7 Å². The van der Waals surface area contributed by atoms with Crippen LogP contribution in [0.2, 0.25) is 0 Å². The van der Waals surface area contributed by atoms with Crippen LogP contribution in [0, 0.1) is 41.3 Å². The third-order valence-electron chi connectivity index (χ3n) is 7.17. The Morgan fingerprint density at radius 3 is 2.21 bits per heavy atom. The fourth-order valence-corrected chi connectivity index (χ4v) is 5.73. The van der Waals surface area contributed by atoms with Crippen molar-refractivity contribution in [3.8, 4) is 0 Å². The monoisotopic (exact) mass is 396 g/mol. The standard InChI is InChI=1S/C23H25FN2O3/c24-13-5-7-14(8-6-13)25-19(27)4-2-1-3-11-26-22(28)20-15-9-10-16(18-12-17(15)18)21(20)23(26)29/h5-10,15-18,20-21H,1-4,11-12H2,(H,25,27). The van der Waals surface area contributed by atoms with Crippen LogP contribution in [-0.4, -0.2) is 29.2 Å². The van der Waals surface area contributed by atoms with E-state index in [-0.39, 0.29) is 47.2 Å². The van der Waals surface area contributed by atoms with Crippen molar-refractivity contribution < 1.29 is 18.8 Å². The van der Waals surface area contributed by atoms with Crippen LogP contribution in [0.5, 0.6) is 0 Å². The molecule has 29 heavy (non-hydrogen) atoms. The lowest BCUT2D eigenvalue weighted by atomic mass is 9.63. The fourth-order valence-electron chi connectivity index (χ4n) is 5.73. The van der Waals surface area contributed by atoms with Crippen LogP contribution >= 0.6 is 0 Å². The molecule has 2 saturated carbocycles. The number of hydrogen-bond acceptors (Lipinski definition) is 3. The highest BCUT2D eigenvalue weighted by molar-refractivity contribution is 6.06. The molecule has 1 N–H and O–H groups in total. The molecule has 4 aliphatic carbocycles. The molecule has 1 aromatic carbocycles. The van der Waals surface area contributed by atoms with E-state index in [1.54, 1.807) is 0 Å². The van der Waals surface area contributed by atoms with Gasteiger partial charge >= 0.3 is 0 Å². The molecule has 1 aliphatic heterocycles. The van der Waals surface area contributed by atoms with Gasteiger partial charge in [-0.3, -0.25) is 19.3 Å². The van der Waals surface area contributed by atoms with E-state index in [0.29, 0.717) is 36.9 Å². The molecule has 6 rings (SSSR count). The zero-order valence-electron chi connectivity index (χ0n) is 16.2. The number of likely N-dealkylation sites (tertiary alicyclic amines) is 1. The predicted octanol–water partition coefficient (Wildman–Crippen LogP) is 3.38. The molecule has 0 spiro atoms. The number of carbonyl (C=O) groups excluding carboxylic acids is 3. The van der Waals surface area contributed by atoms with Crippen molar-refractivity contribution in [3.63, 3.8) is 0 Å². The average molecular weight is 396 g/mol. The lowest BCUT2D eigenvalue weighted by Crippen LogP contribution is -2.40. The number of amides is 3. The SMILES string of the molecule is O=C(CCCCCN1C(=O)C2C3C=CC(C4CC34)C2C1=O)Nc1ccc(F)cc1. The van der Waals surface area contributed by atoms with E-state index in [2.05, 4.69) is 17.5 Å². The van der Waals surface area contributed by atoms with Crippen molar-refractivity contribution in [3.05, 3.63) is 42.2 Å². The third kappa shape index (κ3) is 3.18. The maximum Gasteiger partial charge on any atom is 0.233 e. The Kier molecular flexibility index (Phi) is 4.52. The minimum Gasteiger partial charge on any atom is -0.326 e. The van der Waals surface area contributed by atoms with Gasteiger partial charge in [-0.1, -0.05) is 18.6 Å². The lowest BCUT2D eigenvalue weighted by Gasteiger charge is -2.37. The lowest BCUT2D eigenvalue weighted by molar-refractivity contribution is -0.140. The van der Waals surface area contributed by atoms with E-state index in [4.69, 9.17) is 0 Å². The molecule has 1 heterocycles. The Hall–Kier alpha value is -2.50. The summed E-state index contributed by atoms with van der Waals surface area (Å²) in [6.45, 7) is 0.457. The van der Waals surface area contributed by atoms with Gasteiger partial charge < -0.3 is 5.32 Å². The van der Waals surface area contributed by atoms with Gasteiger partial charge in [0.05, 0.1) is 11.8 Å². The molecule has 0 radical (unpaired) electrons. The highest BCUT2D eigenvalue weighted by Gasteiger charge is 2.66. The molecule has 6 atom stereocenters. The smallest absolute Gasteiger partial charge is 0.233 e. The quantitative estimate of drug-likeness (QED) is 0.437. The Labute approximate surface area is 169 Å². The van der Waals surface area contributed by atoms with Crippen LogP contribution in [0.1, 0.15) is 32.1 Å². The van der Waals surface area contributed by atoms with Crippen LogP contribution in [0.15, 0.2) is 36.4 Å². The van der Waals surface area contributed by atoms with Crippen LogP contribution in [0.25, 0.3) is 0 Å². The third-order valence-corrected chi connectivity index (χ3v) is 7.17. The van der Waals surface area contributed by atoms with Gasteiger partial charge in [-0.15, -0.1) is 0 Å². The van der Waals surface area contributed by atoms with Crippen molar-refractivity contribution in [2.45, 2.75) is 32.1 Å². The zero-order valence-corrected chi connectivity index (χ0v) is 16.2. The Morgan fingerprint density at radius 2 is 1.59 bits per heavy atom. The van der Waals surface area contributed by atoms with Crippen LogP contribution in [0.3, 0.4) is 0 Å². The molecule has 0 aromatic heterocycles. The summed E-state index contributed by atoms with van der Waals surface area (Å²) in [5.74, 6) is 1.15. The van der Waals surface area contributed by atoms with Crippen LogP contribution in [-0.2, 0) is 14.4 Å². The summed E-state index contributed by atoms with van der Waals surface area (Å²) >= 11 is 0. The van der Waals surface area contributed by atoms with Gasteiger partial charge in [-0.05, 0) is 67.2 Å². The number of imide groups is 1. The summed E-state index contributed by atoms with van der Waals surface area (Å²) in [6.07, 6.45) is 8.10. The summed E-state index contributed by atoms with van der Waals surface area (Å²) < 4.78 is 12.9. The number of benzene rings is 1. The average Bonchev–Trinajstić information content (AvgIpc) is 3.49. The first kappa shape index (κ1) is 18.5. The number of hydrogen-bond donors (Lipinski definition) is 1. The number of anilines is 1. The van der Waals surface area contributed by atoms with E-state index >= 15 is 0 Å². The predicted molar refractivity (Wildman–Crippen MR) is 105 cm³/mol. The molecule has 1 aromatic rings. The first-order valence-electron chi connectivity index (χ1n) is 10.6. The van der Waals surface area contributed by atoms with Crippen LogP contribution in [0.4, 0.5) is 10.1 Å². The topological polar surface area (TPSA) is 66.5 Å². The molecule has 3 fully saturated rings. The number of nitrogens with one attached hydrogen (secondary N) is 1. The molecular formula is C23H25FN2O3. The van der Waals surface area contributed by atoms with Crippen molar-refractivity contribution >= 4 is 23.4 Å². The summed E-state index contributed by atoms with van der Waals surface area (Å²) in [5.41, 5.74) is 0.577. The summed E-state index contributed by atoms with van der Waals surface area (Å²) in [7, 11) is 0. The van der Waals surface area contributed by atoms with Gasteiger partial charge in [0.1, 0.15) is 5.82 Å². The highest BCUT2D eigenvalue weighted by Crippen LogP contribution is 2.65.